The first kappa shape index (κ1) is 22.5. The predicted octanol–water partition coefficient (Wildman–Crippen LogP) is 4.80. The minimum atomic E-state index is -4.55. The van der Waals surface area contributed by atoms with Crippen molar-refractivity contribution in [2.75, 3.05) is 5.32 Å². The molecule has 10 heteroatoms. The summed E-state index contributed by atoms with van der Waals surface area (Å²) in [6, 6.07) is 2.54. The third kappa shape index (κ3) is 5.41. The summed E-state index contributed by atoms with van der Waals surface area (Å²) in [4.78, 5) is 31.0. The zero-order chi connectivity index (χ0) is 21.2. The molecule has 1 saturated heterocycles. The fraction of sp³-hybridized carbons (Fsp3) is 0.500. The lowest BCUT2D eigenvalue weighted by Gasteiger charge is -2.21. The van der Waals surface area contributed by atoms with Gasteiger partial charge in [-0.05, 0) is 45.9 Å². The second-order valence-corrected chi connectivity index (χ2v) is 8.44. The van der Waals surface area contributed by atoms with Crippen molar-refractivity contribution in [2.24, 2.45) is 4.99 Å². The summed E-state index contributed by atoms with van der Waals surface area (Å²) < 4.78 is 38.6. The van der Waals surface area contributed by atoms with Gasteiger partial charge in [-0.2, -0.15) is 13.2 Å². The smallest absolute Gasteiger partial charge is 0.325 e. The molecule has 0 aliphatic carbocycles. The van der Waals surface area contributed by atoms with E-state index in [0.717, 1.165) is 18.2 Å². The van der Waals surface area contributed by atoms with Crippen LogP contribution in [0.3, 0.4) is 0 Å². The molecule has 0 aromatic heterocycles. The van der Waals surface area contributed by atoms with Crippen LogP contribution in [0, 0.1) is 0 Å². The highest BCUT2D eigenvalue weighted by Gasteiger charge is 2.40. The van der Waals surface area contributed by atoms with Crippen LogP contribution in [0.25, 0.3) is 0 Å². The van der Waals surface area contributed by atoms with Crippen molar-refractivity contribution in [1.29, 1.82) is 0 Å². The molecule has 1 heterocycles. The molecule has 1 aromatic rings. The summed E-state index contributed by atoms with van der Waals surface area (Å²) >= 11 is 7.09. The first-order valence-corrected chi connectivity index (χ1v) is 9.90. The van der Waals surface area contributed by atoms with Crippen LogP contribution >= 0.6 is 23.4 Å². The highest BCUT2D eigenvalue weighted by atomic mass is 35.5. The molecule has 1 atom stereocenters. The normalized spacial score (nSPS) is 19.2. The van der Waals surface area contributed by atoms with Gasteiger partial charge in [-0.1, -0.05) is 23.4 Å². The first-order valence-electron chi connectivity index (χ1n) is 8.64. The Morgan fingerprint density at radius 1 is 1.32 bits per heavy atom. The lowest BCUT2D eigenvalue weighted by molar-refractivity contribution is -0.137. The van der Waals surface area contributed by atoms with E-state index >= 15 is 0 Å². The van der Waals surface area contributed by atoms with Gasteiger partial charge in [-0.15, -0.1) is 0 Å². The second-order valence-electron chi connectivity index (χ2n) is 6.86. The maximum atomic E-state index is 12.9. The molecule has 1 unspecified atom stereocenters. The largest absolute Gasteiger partial charge is 0.416 e. The SMILES string of the molecule is CC(C)N=C1SC(CC(=O)Nc2cc(C(F)(F)F)ccc2Cl)C(=O)N1C(C)C. The van der Waals surface area contributed by atoms with E-state index in [9.17, 15) is 22.8 Å². The van der Waals surface area contributed by atoms with Crippen LogP contribution in [0.1, 0.15) is 39.7 Å². The Balaban J connectivity index is 2.14. The molecule has 154 valence electrons. The molecule has 0 bridgehead atoms. The van der Waals surface area contributed by atoms with Gasteiger partial charge in [0.1, 0.15) is 5.25 Å². The number of amides is 2. The average molecular weight is 436 g/mol. The van der Waals surface area contributed by atoms with Gasteiger partial charge in [0.05, 0.1) is 16.3 Å². The number of carbonyl (C=O) groups excluding carboxylic acids is 2. The Kier molecular flexibility index (Phi) is 7.03. The number of halogens is 4. The maximum Gasteiger partial charge on any atom is 0.416 e. The van der Waals surface area contributed by atoms with Crippen LogP contribution in [0.5, 0.6) is 0 Å². The third-order valence-corrected chi connectivity index (χ3v) is 5.29. The molecule has 1 aliphatic heterocycles. The first-order chi connectivity index (χ1) is 12.9. The third-order valence-electron chi connectivity index (χ3n) is 3.79. The minimum absolute atomic E-state index is 0.0161. The van der Waals surface area contributed by atoms with Crippen molar-refractivity contribution in [3.05, 3.63) is 28.8 Å². The van der Waals surface area contributed by atoms with Gasteiger partial charge in [0.2, 0.25) is 11.8 Å². The number of thioether (sulfide) groups is 1. The molecular formula is C18H21ClF3N3O2S. The number of hydrogen-bond acceptors (Lipinski definition) is 4. The van der Waals surface area contributed by atoms with Crippen molar-refractivity contribution in [2.45, 2.75) is 57.6 Å². The summed E-state index contributed by atoms with van der Waals surface area (Å²) in [5, 5.41) is 2.21. The lowest BCUT2D eigenvalue weighted by atomic mass is 10.2. The summed E-state index contributed by atoms with van der Waals surface area (Å²) in [5.41, 5.74) is -1.07. The molecular weight excluding hydrogens is 415 g/mol. The zero-order valence-electron chi connectivity index (χ0n) is 15.8. The minimum Gasteiger partial charge on any atom is -0.325 e. The molecule has 5 nitrogen and oxygen atoms in total. The fourth-order valence-corrected chi connectivity index (χ4v) is 4.12. The molecule has 0 spiro atoms. The lowest BCUT2D eigenvalue weighted by Crippen LogP contribution is -2.38. The molecule has 28 heavy (non-hydrogen) atoms. The highest BCUT2D eigenvalue weighted by molar-refractivity contribution is 8.15. The number of amidine groups is 1. The van der Waals surface area contributed by atoms with Crippen LogP contribution in [-0.2, 0) is 15.8 Å². The van der Waals surface area contributed by atoms with E-state index in [4.69, 9.17) is 11.6 Å². The van der Waals surface area contributed by atoms with E-state index in [1.165, 1.54) is 11.8 Å². The van der Waals surface area contributed by atoms with Crippen LogP contribution < -0.4 is 5.32 Å². The number of nitrogens with zero attached hydrogens (tertiary/aromatic N) is 2. The number of benzene rings is 1. The Morgan fingerprint density at radius 2 is 1.96 bits per heavy atom. The van der Waals surface area contributed by atoms with Gasteiger partial charge in [-0.25, -0.2) is 0 Å². The molecule has 2 rings (SSSR count). The van der Waals surface area contributed by atoms with Crippen molar-refractivity contribution in [3.63, 3.8) is 0 Å². The molecule has 1 N–H and O–H groups in total. The summed E-state index contributed by atoms with van der Waals surface area (Å²) in [5.74, 6) is -0.841. The average Bonchev–Trinajstić information content (AvgIpc) is 2.83. The Labute approximate surface area is 170 Å². The number of carbonyl (C=O) groups is 2. The zero-order valence-corrected chi connectivity index (χ0v) is 17.4. The fourth-order valence-electron chi connectivity index (χ4n) is 2.57. The van der Waals surface area contributed by atoms with Gasteiger partial charge >= 0.3 is 6.18 Å². The topological polar surface area (TPSA) is 61.8 Å². The number of rotatable bonds is 5. The van der Waals surface area contributed by atoms with E-state index in [-0.39, 0.29) is 35.1 Å². The standard InChI is InChI=1S/C18H21ClF3N3O2S/c1-9(2)23-17-25(10(3)4)16(27)14(28-17)8-15(26)24-13-7-11(18(20,21)22)5-6-12(13)19/h5-7,9-10,14H,8H2,1-4H3,(H,24,26). The highest BCUT2D eigenvalue weighted by Crippen LogP contribution is 2.35. The number of anilines is 1. The van der Waals surface area contributed by atoms with Gasteiger partial charge in [0.25, 0.3) is 0 Å². The molecule has 1 aliphatic rings. The van der Waals surface area contributed by atoms with Crippen LogP contribution in [-0.4, -0.2) is 39.2 Å². The van der Waals surface area contributed by atoms with Gasteiger partial charge in [0.15, 0.2) is 5.17 Å². The van der Waals surface area contributed by atoms with Crippen molar-refractivity contribution >= 4 is 46.0 Å². The van der Waals surface area contributed by atoms with Crippen LogP contribution in [0.4, 0.5) is 18.9 Å². The van der Waals surface area contributed by atoms with Crippen molar-refractivity contribution in [3.8, 4) is 0 Å². The quantitative estimate of drug-likeness (QED) is 0.722. The molecule has 1 aromatic carbocycles. The Hall–Kier alpha value is -1.74. The van der Waals surface area contributed by atoms with Crippen molar-refractivity contribution < 1.29 is 22.8 Å². The van der Waals surface area contributed by atoms with E-state index in [1.807, 2.05) is 27.7 Å². The summed E-state index contributed by atoms with van der Waals surface area (Å²) in [6.07, 6.45) is -4.75. The predicted molar refractivity (Wildman–Crippen MR) is 106 cm³/mol. The monoisotopic (exact) mass is 435 g/mol. The number of nitrogens with one attached hydrogen (secondary N) is 1. The maximum absolute atomic E-state index is 12.9. The molecule has 0 saturated carbocycles. The van der Waals surface area contributed by atoms with E-state index < -0.39 is 22.9 Å². The Morgan fingerprint density at radius 3 is 2.50 bits per heavy atom. The van der Waals surface area contributed by atoms with Gasteiger partial charge in [-0.3, -0.25) is 19.5 Å². The number of alkyl halides is 3. The molecule has 1 fully saturated rings. The van der Waals surface area contributed by atoms with E-state index in [1.54, 1.807) is 4.90 Å². The number of hydrogen-bond donors (Lipinski definition) is 1. The summed E-state index contributed by atoms with van der Waals surface area (Å²) in [7, 11) is 0. The summed E-state index contributed by atoms with van der Waals surface area (Å²) in [6.45, 7) is 7.46. The van der Waals surface area contributed by atoms with E-state index in [0.29, 0.717) is 5.17 Å². The van der Waals surface area contributed by atoms with Gasteiger partial charge < -0.3 is 5.32 Å². The second kappa shape index (κ2) is 8.73. The van der Waals surface area contributed by atoms with Crippen LogP contribution in [0.2, 0.25) is 5.02 Å². The molecule has 2 amide bonds. The number of aliphatic imine (C=N–C) groups is 1. The van der Waals surface area contributed by atoms with Gasteiger partial charge in [0, 0.05) is 18.5 Å². The van der Waals surface area contributed by atoms with Crippen molar-refractivity contribution in [1.82, 2.24) is 4.90 Å². The Bertz CT molecular complexity index is 797. The molecule has 0 radical (unpaired) electrons. The van der Waals surface area contributed by atoms with Crippen LogP contribution in [0.15, 0.2) is 23.2 Å². The van der Waals surface area contributed by atoms with E-state index in [2.05, 4.69) is 10.3 Å².